The fourth-order valence-corrected chi connectivity index (χ4v) is 4.54. The molecule has 1 saturated heterocycles. The minimum atomic E-state index is -0.0344. The predicted molar refractivity (Wildman–Crippen MR) is 100 cm³/mol. The van der Waals surface area contributed by atoms with Crippen molar-refractivity contribution in [1.29, 1.82) is 0 Å². The molecule has 3 aliphatic rings. The van der Waals surface area contributed by atoms with Gasteiger partial charge in [-0.2, -0.15) is 0 Å². The van der Waals surface area contributed by atoms with Gasteiger partial charge >= 0.3 is 0 Å². The molecular weight excluding hydrogens is 346 g/mol. The number of rotatable bonds is 5. The molecule has 6 nitrogen and oxygen atoms in total. The van der Waals surface area contributed by atoms with Crippen molar-refractivity contribution in [3.05, 3.63) is 23.8 Å². The van der Waals surface area contributed by atoms with Gasteiger partial charge < -0.3 is 24.3 Å². The number of methoxy groups -OCH3 is 1. The largest absolute Gasteiger partial charge is 0.486 e. The van der Waals surface area contributed by atoms with Crippen molar-refractivity contribution in [2.75, 3.05) is 26.9 Å². The summed E-state index contributed by atoms with van der Waals surface area (Å²) in [5.41, 5.74) is 1.10. The van der Waals surface area contributed by atoms with E-state index in [0.29, 0.717) is 32.2 Å². The Morgan fingerprint density at radius 1 is 1.19 bits per heavy atom. The first kappa shape index (κ1) is 18.6. The van der Waals surface area contributed by atoms with Crippen molar-refractivity contribution < 1.29 is 23.7 Å². The maximum Gasteiger partial charge on any atom is 0.222 e. The van der Waals surface area contributed by atoms with Crippen LogP contribution in [0, 0.1) is 5.92 Å². The summed E-state index contributed by atoms with van der Waals surface area (Å²) in [6.07, 6.45) is 5.96. The van der Waals surface area contributed by atoms with E-state index >= 15 is 0 Å². The van der Waals surface area contributed by atoms with Crippen LogP contribution in [0.4, 0.5) is 0 Å². The number of fused-ring (bicyclic) bond motifs is 2. The molecule has 6 heteroatoms. The number of hydrogen-bond donors (Lipinski definition) is 1. The molecule has 1 aliphatic carbocycles. The number of carbonyl (C=O) groups excluding carboxylic acids is 1. The van der Waals surface area contributed by atoms with E-state index < -0.39 is 0 Å². The van der Waals surface area contributed by atoms with Gasteiger partial charge in [0.05, 0.1) is 18.8 Å². The van der Waals surface area contributed by atoms with Gasteiger partial charge in [-0.1, -0.05) is 18.9 Å². The lowest BCUT2D eigenvalue weighted by Gasteiger charge is -2.45. The summed E-state index contributed by atoms with van der Waals surface area (Å²) < 4.78 is 22.9. The maximum atomic E-state index is 12.3. The second-order valence-corrected chi connectivity index (χ2v) is 7.67. The topological polar surface area (TPSA) is 66.0 Å². The van der Waals surface area contributed by atoms with Gasteiger partial charge in [-0.25, -0.2) is 0 Å². The van der Waals surface area contributed by atoms with Crippen LogP contribution >= 0.6 is 0 Å². The van der Waals surface area contributed by atoms with Crippen molar-refractivity contribution in [2.24, 2.45) is 5.92 Å². The normalized spacial score (nSPS) is 29.7. The van der Waals surface area contributed by atoms with Gasteiger partial charge in [-0.05, 0) is 37.0 Å². The van der Waals surface area contributed by atoms with E-state index in [0.717, 1.165) is 36.3 Å². The second-order valence-electron chi connectivity index (χ2n) is 7.67. The van der Waals surface area contributed by atoms with E-state index in [9.17, 15) is 4.79 Å². The molecule has 148 valence electrons. The van der Waals surface area contributed by atoms with Crippen molar-refractivity contribution in [2.45, 2.75) is 56.8 Å². The molecule has 0 aromatic heterocycles. The van der Waals surface area contributed by atoms with Gasteiger partial charge in [0.15, 0.2) is 11.5 Å². The van der Waals surface area contributed by atoms with Crippen molar-refractivity contribution in [3.8, 4) is 11.5 Å². The van der Waals surface area contributed by atoms with Gasteiger partial charge in [0.2, 0.25) is 5.91 Å². The van der Waals surface area contributed by atoms with E-state index in [1.165, 1.54) is 12.8 Å². The van der Waals surface area contributed by atoms with E-state index in [2.05, 4.69) is 11.4 Å². The van der Waals surface area contributed by atoms with Crippen LogP contribution in [0.2, 0.25) is 0 Å². The van der Waals surface area contributed by atoms with Crippen molar-refractivity contribution >= 4 is 5.91 Å². The van der Waals surface area contributed by atoms with Gasteiger partial charge in [0.25, 0.3) is 0 Å². The molecule has 1 aromatic carbocycles. The second kappa shape index (κ2) is 8.48. The summed E-state index contributed by atoms with van der Waals surface area (Å²) in [6, 6.07) is 6.20. The zero-order chi connectivity index (χ0) is 18.6. The van der Waals surface area contributed by atoms with Crippen LogP contribution < -0.4 is 14.8 Å². The van der Waals surface area contributed by atoms with Crippen molar-refractivity contribution in [1.82, 2.24) is 5.32 Å². The van der Waals surface area contributed by atoms with Gasteiger partial charge in [-0.3, -0.25) is 4.79 Å². The molecule has 1 amide bonds. The monoisotopic (exact) mass is 375 g/mol. The lowest BCUT2D eigenvalue weighted by atomic mass is 9.76. The van der Waals surface area contributed by atoms with E-state index in [-0.39, 0.29) is 24.2 Å². The van der Waals surface area contributed by atoms with Gasteiger partial charge in [0, 0.05) is 25.5 Å². The van der Waals surface area contributed by atoms with Crippen LogP contribution in [0.1, 0.15) is 50.2 Å². The molecule has 4 rings (SSSR count). The number of ether oxygens (including phenoxy) is 4. The lowest BCUT2D eigenvalue weighted by Crippen LogP contribution is -2.51. The maximum absolute atomic E-state index is 12.3. The zero-order valence-electron chi connectivity index (χ0n) is 15.9. The highest BCUT2D eigenvalue weighted by Crippen LogP contribution is 2.43. The van der Waals surface area contributed by atoms with Crippen LogP contribution in [0.15, 0.2) is 18.2 Å². The van der Waals surface area contributed by atoms with E-state index in [1.807, 2.05) is 12.1 Å². The minimum Gasteiger partial charge on any atom is -0.486 e. The first-order valence-electron chi connectivity index (χ1n) is 10.1. The first-order valence-corrected chi connectivity index (χ1v) is 10.1. The van der Waals surface area contributed by atoms with Crippen LogP contribution in [-0.2, 0) is 14.3 Å². The van der Waals surface area contributed by atoms with Crippen LogP contribution in [-0.4, -0.2) is 45.0 Å². The molecule has 1 N–H and O–H groups in total. The Hall–Kier alpha value is -1.79. The minimum absolute atomic E-state index is 0.0344. The fraction of sp³-hybridized carbons (Fsp3) is 0.667. The number of amides is 1. The Morgan fingerprint density at radius 3 is 2.85 bits per heavy atom. The lowest BCUT2D eigenvalue weighted by molar-refractivity contribution is -0.133. The van der Waals surface area contributed by atoms with Crippen molar-refractivity contribution in [3.63, 3.8) is 0 Å². The van der Waals surface area contributed by atoms with Gasteiger partial charge in [0.1, 0.15) is 13.2 Å². The standard InChI is InChI=1S/C21H29NO5/c1-24-9-8-21(23)22-16-13-19(27-17-5-3-2-4-15(16)17)14-6-7-18-20(12-14)26-11-10-25-18/h6-7,12,15-17,19H,2-5,8-11,13H2,1H3,(H,22,23)/t15-,16+,17+,19+/m0/s1. The molecule has 2 heterocycles. The highest BCUT2D eigenvalue weighted by atomic mass is 16.6. The SMILES string of the molecule is COCCC(=O)N[C@@H]1C[C@H](c2ccc3c(c2)OCCO3)O[C@@H]2CCCC[C@@H]12. The third-order valence-electron chi connectivity index (χ3n) is 5.90. The van der Waals surface area contributed by atoms with E-state index in [4.69, 9.17) is 18.9 Å². The van der Waals surface area contributed by atoms with Crippen LogP contribution in [0.5, 0.6) is 11.5 Å². The van der Waals surface area contributed by atoms with Gasteiger partial charge in [-0.15, -0.1) is 0 Å². The Morgan fingerprint density at radius 2 is 2.00 bits per heavy atom. The quantitative estimate of drug-likeness (QED) is 0.857. The summed E-state index contributed by atoms with van der Waals surface area (Å²) >= 11 is 0. The average Bonchev–Trinajstić information content (AvgIpc) is 2.71. The molecular formula is C21H29NO5. The number of benzene rings is 1. The summed E-state index contributed by atoms with van der Waals surface area (Å²) in [7, 11) is 1.62. The highest BCUT2D eigenvalue weighted by molar-refractivity contribution is 5.76. The summed E-state index contributed by atoms with van der Waals surface area (Å²) in [5, 5.41) is 3.26. The zero-order valence-corrected chi connectivity index (χ0v) is 15.9. The van der Waals surface area contributed by atoms with Crippen LogP contribution in [0.3, 0.4) is 0 Å². The Balaban J connectivity index is 1.50. The molecule has 1 saturated carbocycles. The predicted octanol–water partition coefficient (Wildman–Crippen LogP) is 3.00. The average molecular weight is 375 g/mol. The third kappa shape index (κ3) is 4.22. The molecule has 27 heavy (non-hydrogen) atoms. The summed E-state index contributed by atoms with van der Waals surface area (Å²) in [6.45, 7) is 1.62. The molecule has 4 atom stereocenters. The molecule has 1 aromatic rings. The molecule has 0 radical (unpaired) electrons. The third-order valence-corrected chi connectivity index (χ3v) is 5.90. The smallest absolute Gasteiger partial charge is 0.222 e. The van der Waals surface area contributed by atoms with Crippen LogP contribution in [0.25, 0.3) is 0 Å². The summed E-state index contributed by atoms with van der Waals surface area (Å²) in [5.74, 6) is 2.04. The Bertz CT molecular complexity index is 664. The fourth-order valence-electron chi connectivity index (χ4n) is 4.54. The Labute approximate surface area is 160 Å². The van der Waals surface area contributed by atoms with E-state index in [1.54, 1.807) is 7.11 Å². The number of hydrogen-bond acceptors (Lipinski definition) is 5. The molecule has 0 unspecified atom stereocenters. The Kier molecular flexibility index (Phi) is 5.83. The molecule has 0 bridgehead atoms. The number of carbonyl (C=O) groups is 1. The highest BCUT2D eigenvalue weighted by Gasteiger charge is 2.41. The summed E-state index contributed by atoms with van der Waals surface area (Å²) in [4.78, 5) is 12.3. The molecule has 2 fully saturated rings. The molecule has 2 aliphatic heterocycles. The first-order chi connectivity index (χ1) is 13.2. The molecule has 0 spiro atoms. The number of nitrogens with one attached hydrogen (secondary N) is 1.